The number of imide groups is 1. The number of esters is 1. The van der Waals surface area contributed by atoms with Crippen molar-refractivity contribution in [3.05, 3.63) is 71.6 Å². The molecule has 168 valence electrons. The highest BCUT2D eigenvalue weighted by atomic mass is 16.5. The van der Waals surface area contributed by atoms with Crippen molar-refractivity contribution >= 4 is 46.5 Å². The number of fused-ring (bicyclic) bond motifs is 1. The monoisotopic (exact) mass is 446 g/mol. The van der Waals surface area contributed by atoms with E-state index < -0.39 is 30.4 Å². The first-order valence-electron chi connectivity index (χ1n) is 10.2. The smallest absolute Gasteiger partial charge is 0.329 e. The second-order valence-electron chi connectivity index (χ2n) is 7.60. The molecule has 1 fully saturated rings. The van der Waals surface area contributed by atoms with Crippen LogP contribution in [0.15, 0.2) is 60.4 Å². The second-order valence-corrected chi connectivity index (χ2v) is 7.60. The molecule has 1 saturated heterocycles. The molecule has 0 spiro atoms. The molecule has 9 heteroatoms. The highest BCUT2D eigenvalue weighted by Crippen LogP contribution is 2.25. The molecule has 0 atom stereocenters. The molecule has 33 heavy (non-hydrogen) atoms. The number of rotatable bonds is 6. The van der Waals surface area contributed by atoms with Crippen molar-refractivity contribution in [2.75, 3.05) is 19.0 Å². The summed E-state index contributed by atoms with van der Waals surface area (Å²) >= 11 is 0. The molecule has 1 aliphatic heterocycles. The number of amides is 4. The van der Waals surface area contributed by atoms with Crippen LogP contribution in [0.5, 0.6) is 0 Å². The highest BCUT2D eigenvalue weighted by Gasteiger charge is 2.35. The summed E-state index contributed by atoms with van der Waals surface area (Å²) in [5.41, 5.74) is 3.02. The molecule has 0 bridgehead atoms. The zero-order chi connectivity index (χ0) is 23.5. The summed E-state index contributed by atoms with van der Waals surface area (Å²) in [7, 11) is 1.31. The van der Waals surface area contributed by atoms with Gasteiger partial charge in [-0.15, -0.1) is 0 Å². The quantitative estimate of drug-likeness (QED) is 0.344. The van der Waals surface area contributed by atoms with Crippen LogP contribution in [0.4, 0.5) is 10.5 Å². The number of hydrogen-bond donors (Lipinski definition) is 2. The van der Waals surface area contributed by atoms with E-state index >= 15 is 0 Å². The summed E-state index contributed by atoms with van der Waals surface area (Å²) in [4.78, 5) is 50.2. The van der Waals surface area contributed by atoms with Gasteiger partial charge < -0.3 is 19.9 Å². The first-order valence-corrected chi connectivity index (χ1v) is 10.2. The Hall–Kier alpha value is -4.40. The van der Waals surface area contributed by atoms with Crippen LogP contribution < -0.4 is 10.6 Å². The van der Waals surface area contributed by atoms with Crippen LogP contribution in [-0.2, 0) is 25.7 Å². The van der Waals surface area contributed by atoms with Crippen molar-refractivity contribution in [3.8, 4) is 0 Å². The van der Waals surface area contributed by atoms with E-state index in [0.717, 1.165) is 21.4 Å². The number of carbonyl (C=O) groups excluding carboxylic acids is 4. The van der Waals surface area contributed by atoms with Crippen LogP contribution >= 0.6 is 0 Å². The number of carbonyl (C=O) groups is 4. The Morgan fingerprint density at radius 2 is 1.88 bits per heavy atom. The summed E-state index contributed by atoms with van der Waals surface area (Å²) in [6, 6.07) is 13.9. The van der Waals surface area contributed by atoms with E-state index in [1.54, 1.807) is 29.0 Å². The van der Waals surface area contributed by atoms with Crippen LogP contribution in [0, 0.1) is 6.92 Å². The molecule has 0 saturated carbocycles. The standard InChI is InChI=1S/C24H22N4O5/c1-15-6-5-7-17(10-15)25-21(29)13-28-23(31)19(26-24(28)32)11-16-12-27(14-22(30)33-2)20-9-4-3-8-18(16)20/h3-12H,13-14H2,1-2H3,(H,25,29)(H,26,32). The van der Waals surface area contributed by atoms with E-state index in [-0.39, 0.29) is 12.2 Å². The van der Waals surface area contributed by atoms with Gasteiger partial charge in [-0.1, -0.05) is 30.3 Å². The molecular weight excluding hydrogens is 424 g/mol. The molecule has 2 N–H and O–H groups in total. The maximum Gasteiger partial charge on any atom is 0.329 e. The Morgan fingerprint density at radius 3 is 2.64 bits per heavy atom. The molecule has 0 radical (unpaired) electrons. The number of aromatic nitrogens is 1. The van der Waals surface area contributed by atoms with Crippen LogP contribution in [-0.4, -0.2) is 46.9 Å². The molecule has 9 nitrogen and oxygen atoms in total. The summed E-state index contributed by atoms with van der Waals surface area (Å²) in [5, 5.41) is 6.01. The molecule has 4 amide bonds. The first kappa shape index (κ1) is 21.8. The van der Waals surface area contributed by atoms with Gasteiger partial charge >= 0.3 is 12.0 Å². The lowest BCUT2D eigenvalue weighted by molar-refractivity contribution is -0.141. The molecule has 2 aromatic carbocycles. The van der Waals surface area contributed by atoms with Crippen LogP contribution in [0.1, 0.15) is 11.1 Å². The summed E-state index contributed by atoms with van der Waals surface area (Å²) in [6.07, 6.45) is 3.25. The van der Waals surface area contributed by atoms with Crippen LogP contribution in [0.25, 0.3) is 17.0 Å². The van der Waals surface area contributed by atoms with Gasteiger partial charge in [0.25, 0.3) is 5.91 Å². The Balaban J connectivity index is 1.55. The molecule has 1 aromatic heterocycles. The van der Waals surface area contributed by atoms with Gasteiger partial charge in [0.2, 0.25) is 5.91 Å². The third-order valence-corrected chi connectivity index (χ3v) is 5.21. The third-order valence-electron chi connectivity index (χ3n) is 5.21. The van der Waals surface area contributed by atoms with E-state index in [4.69, 9.17) is 4.74 Å². The summed E-state index contributed by atoms with van der Waals surface area (Å²) in [5.74, 6) is -1.50. The Bertz CT molecular complexity index is 1310. The van der Waals surface area contributed by atoms with Crippen LogP contribution in [0.2, 0.25) is 0 Å². The maximum absolute atomic E-state index is 12.8. The fraction of sp³-hybridized carbons (Fsp3) is 0.167. The number of aryl methyl sites for hydroxylation is 1. The van der Waals surface area contributed by atoms with E-state index in [1.165, 1.54) is 13.2 Å². The molecule has 0 aliphatic carbocycles. The summed E-state index contributed by atoms with van der Waals surface area (Å²) in [6.45, 7) is 1.48. The van der Waals surface area contributed by atoms with Crippen molar-refractivity contribution in [2.24, 2.45) is 0 Å². The van der Waals surface area contributed by atoms with Gasteiger partial charge in [0.1, 0.15) is 18.8 Å². The van der Waals surface area contributed by atoms with Gasteiger partial charge in [0.05, 0.1) is 7.11 Å². The fourth-order valence-corrected chi connectivity index (χ4v) is 3.66. The number of para-hydroxylation sites is 1. The molecule has 0 unspecified atom stereocenters. The highest BCUT2D eigenvalue weighted by molar-refractivity contribution is 6.16. The topological polar surface area (TPSA) is 110 Å². The lowest BCUT2D eigenvalue weighted by Gasteiger charge is -2.12. The van der Waals surface area contributed by atoms with Gasteiger partial charge in [-0.25, -0.2) is 9.69 Å². The minimum Gasteiger partial charge on any atom is -0.468 e. The number of methoxy groups -OCH3 is 1. The number of benzene rings is 2. The van der Waals surface area contributed by atoms with E-state index in [9.17, 15) is 19.2 Å². The normalized spacial score (nSPS) is 14.6. The number of nitrogens with one attached hydrogen (secondary N) is 2. The molecule has 4 rings (SSSR count). The Morgan fingerprint density at radius 1 is 1.09 bits per heavy atom. The second kappa shape index (κ2) is 8.99. The van der Waals surface area contributed by atoms with Crippen molar-refractivity contribution in [1.82, 2.24) is 14.8 Å². The summed E-state index contributed by atoms with van der Waals surface area (Å²) < 4.78 is 6.46. The van der Waals surface area contributed by atoms with Gasteiger partial charge in [-0.2, -0.15) is 0 Å². The molecular formula is C24H22N4O5. The SMILES string of the molecule is COC(=O)Cn1cc(C=C2NC(=O)N(CC(=O)Nc3cccc(C)c3)C2=O)c2ccccc21. The van der Waals surface area contributed by atoms with E-state index in [0.29, 0.717) is 11.3 Å². The number of ether oxygens (including phenoxy) is 1. The minimum absolute atomic E-state index is 0.00570. The van der Waals surface area contributed by atoms with Gasteiger partial charge in [-0.3, -0.25) is 14.4 Å². The van der Waals surface area contributed by atoms with Crippen LogP contribution in [0.3, 0.4) is 0 Å². The lowest BCUT2D eigenvalue weighted by atomic mass is 10.1. The van der Waals surface area contributed by atoms with Crippen molar-refractivity contribution in [2.45, 2.75) is 13.5 Å². The Labute approximate surface area is 189 Å². The predicted octanol–water partition coefficient (Wildman–Crippen LogP) is 2.65. The van der Waals surface area contributed by atoms with Crippen molar-refractivity contribution in [3.63, 3.8) is 0 Å². The number of hydrogen-bond acceptors (Lipinski definition) is 5. The minimum atomic E-state index is -0.677. The van der Waals surface area contributed by atoms with E-state index in [2.05, 4.69) is 10.6 Å². The van der Waals surface area contributed by atoms with Crippen molar-refractivity contribution < 1.29 is 23.9 Å². The Kier molecular flexibility index (Phi) is 5.95. The van der Waals surface area contributed by atoms with Crippen molar-refractivity contribution in [1.29, 1.82) is 0 Å². The third kappa shape index (κ3) is 4.62. The lowest BCUT2D eigenvalue weighted by Crippen LogP contribution is -2.38. The predicted molar refractivity (Wildman–Crippen MR) is 122 cm³/mol. The molecule has 1 aliphatic rings. The molecule has 2 heterocycles. The average molecular weight is 446 g/mol. The average Bonchev–Trinajstić information content (AvgIpc) is 3.26. The van der Waals surface area contributed by atoms with Gasteiger partial charge in [-0.05, 0) is 36.8 Å². The number of anilines is 1. The van der Waals surface area contributed by atoms with E-state index in [1.807, 2.05) is 37.3 Å². The largest absolute Gasteiger partial charge is 0.468 e. The zero-order valence-corrected chi connectivity index (χ0v) is 18.1. The zero-order valence-electron chi connectivity index (χ0n) is 18.1. The van der Waals surface area contributed by atoms with Gasteiger partial charge in [0, 0.05) is 28.4 Å². The fourth-order valence-electron chi connectivity index (χ4n) is 3.66. The van der Waals surface area contributed by atoms with Gasteiger partial charge in [0.15, 0.2) is 0 Å². The maximum atomic E-state index is 12.8. The number of nitrogens with zero attached hydrogens (tertiary/aromatic N) is 2. The first-order chi connectivity index (χ1) is 15.9. The molecule has 3 aromatic rings. The number of urea groups is 1.